The fraction of sp³-hybridized carbons (Fsp3) is 0.250. The number of hydrogen-bond acceptors (Lipinski definition) is 5. The van der Waals surface area contributed by atoms with Crippen LogP contribution in [0.4, 0.5) is 19.0 Å². The van der Waals surface area contributed by atoms with Gasteiger partial charge in [0, 0.05) is 28.3 Å². The molecule has 3 aromatic rings. The number of thioether (sulfide) groups is 1. The first-order valence-corrected chi connectivity index (χ1v) is 10.1. The van der Waals surface area contributed by atoms with Crippen molar-refractivity contribution in [1.82, 2.24) is 9.97 Å². The zero-order valence-corrected chi connectivity index (χ0v) is 16.0. The van der Waals surface area contributed by atoms with Gasteiger partial charge in [0.2, 0.25) is 5.82 Å². The average molecular weight is 448 g/mol. The predicted molar refractivity (Wildman–Crippen MR) is 101 cm³/mol. The minimum Gasteiger partial charge on any atom is -0.369 e. The van der Waals surface area contributed by atoms with Crippen molar-refractivity contribution in [1.29, 1.82) is 0 Å². The van der Waals surface area contributed by atoms with Crippen molar-refractivity contribution < 1.29 is 13.2 Å². The van der Waals surface area contributed by atoms with Crippen LogP contribution in [0.15, 0.2) is 40.2 Å². The predicted octanol–water partition coefficient (Wildman–Crippen LogP) is 5.82. The van der Waals surface area contributed by atoms with E-state index in [9.17, 15) is 13.2 Å². The van der Waals surface area contributed by atoms with Gasteiger partial charge in [0.25, 0.3) is 0 Å². The second-order valence-electron chi connectivity index (χ2n) is 5.10. The maximum atomic E-state index is 13.0. The molecule has 0 atom stereocenters. The van der Waals surface area contributed by atoms with Gasteiger partial charge in [-0.1, -0.05) is 12.1 Å². The van der Waals surface area contributed by atoms with Crippen LogP contribution in [0.2, 0.25) is 0 Å². The summed E-state index contributed by atoms with van der Waals surface area (Å²) in [6.07, 6.45) is -4.57. The molecule has 2 aromatic heterocycles. The number of nitrogens with zero attached hydrogens (tertiary/aromatic N) is 2. The molecule has 1 aromatic carbocycles. The lowest BCUT2D eigenvalue weighted by molar-refractivity contribution is -0.144. The van der Waals surface area contributed by atoms with E-state index in [1.807, 2.05) is 6.07 Å². The number of para-hydroxylation sites is 1. The summed E-state index contributed by atoms with van der Waals surface area (Å²) >= 11 is 6.82. The third kappa shape index (κ3) is 4.86. The van der Waals surface area contributed by atoms with Gasteiger partial charge in [-0.2, -0.15) is 24.9 Å². The molecule has 25 heavy (non-hydrogen) atoms. The maximum absolute atomic E-state index is 13.0. The lowest BCUT2D eigenvalue weighted by Gasteiger charge is -2.12. The van der Waals surface area contributed by atoms with Gasteiger partial charge in [-0.3, -0.25) is 0 Å². The number of rotatable bonds is 6. The Hall–Kier alpha value is -1.32. The zero-order chi connectivity index (χ0) is 17.9. The molecule has 0 unspecified atom stereocenters. The van der Waals surface area contributed by atoms with Crippen molar-refractivity contribution in [3.8, 4) is 0 Å². The number of aromatic nitrogens is 2. The molecule has 0 radical (unpaired) electrons. The molecule has 0 saturated carbocycles. The second-order valence-corrected chi connectivity index (χ2v) is 8.75. The van der Waals surface area contributed by atoms with Crippen LogP contribution >= 0.6 is 39.0 Å². The van der Waals surface area contributed by atoms with Gasteiger partial charge in [-0.25, -0.2) is 9.97 Å². The molecule has 3 nitrogen and oxygen atoms in total. The Morgan fingerprint density at radius 1 is 1.12 bits per heavy atom. The smallest absolute Gasteiger partial charge is 0.369 e. The van der Waals surface area contributed by atoms with Gasteiger partial charge >= 0.3 is 6.18 Å². The summed E-state index contributed by atoms with van der Waals surface area (Å²) in [6.45, 7) is 0.523. The van der Waals surface area contributed by atoms with Crippen LogP contribution in [0.25, 0.3) is 10.9 Å². The van der Waals surface area contributed by atoms with Crippen LogP contribution in [0.3, 0.4) is 0 Å². The molecule has 0 aliphatic rings. The highest BCUT2D eigenvalue weighted by molar-refractivity contribution is 9.11. The van der Waals surface area contributed by atoms with E-state index in [0.717, 1.165) is 15.3 Å². The van der Waals surface area contributed by atoms with Crippen LogP contribution < -0.4 is 5.32 Å². The topological polar surface area (TPSA) is 37.8 Å². The first kappa shape index (κ1) is 18.5. The van der Waals surface area contributed by atoms with E-state index < -0.39 is 12.0 Å². The van der Waals surface area contributed by atoms with E-state index in [-0.39, 0.29) is 11.3 Å². The minimum absolute atomic E-state index is 0.220. The number of thiophene rings is 1. The monoisotopic (exact) mass is 447 g/mol. The van der Waals surface area contributed by atoms with Crippen LogP contribution in [0.5, 0.6) is 0 Å². The Kier molecular flexibility index (Phi) is 5.85. The normalized spacial score (nSPS) is 11.8. The Morgan fingerprint density at radius 3 is 2.64 bits per heavy atom. The molecule has 0 amide bonds. The number of hydrogen-bond donors (Lipinski definition) is 1. The third-order valence-electron chi connectivity index (χ3n) is 3.27. The highest BCUT2D eigenvalue weighted by Gasteiger charge is 2.35. The SMILES string of the molecule is FC(F)(F)c1nc(NCCSCc2ccc(Br)s2)c2ccccc2n1. The van der Waals surface area contributed by atoms with E-state index in [0.29, 0.717) is 11.9 Å². The van der Waals surface area contributed by atoms with Gasteiger partial charge in [0.1, 0.15) is 5.82 Å². The second kappa shape index (κ2) is 7.92. The Balaban J connectivity index is 1.65. The summed E-state index contributed by atoms with van der Waals surface area (Å²) in [4.78, 5) is 8.53. The molecule has 9 heteroatoms. The Bertz CT molecular complexity index is 867. The number of alkyl halides is 3. The maximum Gasteiger partial charge on any atom is 0.451 e. The van der Waals surface area contributed by atoms with Gasteiger partial charge in [-0.15, -0.1) is 11.3 Å². The van der Waals surface area contributed by atoms with Crippen molar-refractivity contribution >= 4 is 55.7 Å². The van der Waals surface area contributed by atoms with Gasteiger partial charge < -0.3 is 5.32 Å². The van der Waals surface area contributed by atoms with Crippen molar-refractivity contribution in [3.05, 3.63) is 50.9 Å². The quantitative estimate of drug-likeness (QED) is 0.483. The standard InChI is InChI=1S/C16H13BrF3N3S2/c17-13-6-5-10(25-13)9-24-8-7-21-14-11-3-1-2-4-12(11)22-15(23-14)16(18,19)20/h1-6H,7-9H2,(H,21,22,23). The molecule has 2 heterocycles. The highest BCUT2D eigenvalue weighted by atomic mass is 79.9. The number of nitrogens with one attached hydrogen (secondary N) is 1. The molecule has 0 spiro atoms. The Labute approximate surface area is 159 Å². The molecule has 132 valence electrons. The first-order valence-electron chi connectivity index (χ1n) is 7.33. The van der Waals surface area contributed by atoms with Crippen molar-refractivity contribution in [2.24, 2.45) is 0 Å². The summed E-state index contributed by atoms with van der Waals surface area (Å²) in [7, 11) is 0. The molecule has 3 rings (SSSR count). The number of fused-ring (bicyclic) bond motifs is 1. The first-order chi connectivity index (χ1) is 11.9. The largest absolute Gasteiger partial charge is 0.451 e. The molecule has 1 N–H and O–H groups in total. The summed E-state index contributed by atoms with van der Waals surface area (Å²) in [5.74, 6) is 0.730. The van der Waals surface area contributed by atoms with E-state index >= 15 is 0 Å². The lowest BCUT2D eigenvalue weighted by atomic mass is 10.2. The number of anilines is 1. The lowest BCUT2D eigenvalue weighted by Crippen LogP contribution is -2.14. The van der Waals surface area contributed by atoms with Crippen LogP contribution in [0, 0.1) is 0 Å². The van der Waals surface area contributed by atoms with Gasteiger partial charge in [-0.05, 0) is 40.2 Å². The molecule has 0 bridgehead atoms. The van der Waals surface area contributed by atoms with E-state index in [2.05, 4.69) is 37.3 Å². The van der Waals surface area contributed by atoms with E-state index in [1.54, 1.807) is 47.4 Å². The van der Waals surface area contributed by atoms with Crippen molar-refractivity contribution in [3.63, 3.8) is 0 Å². The number of benzene rings is 1. The van der Waals surface area contributed by atoms with E-state index in [1.165, 1.54) is 4.88 Å². The van der Waals surface area contributed by atoms with Gasteiger partial charge in [0.15, 0.2) is 0 Å². The molecular weight excluding hydrogens is 435 g/mol. The van der Waals surface area contributed by atoms with Gasteiger partial charge in [0.05, 0.1) is 9.30 Å². The molecule has 0 aliphatic heterocycles. The zero-order valence-electron chi connectivity index (χ0n) is 12.8. The van der Waals surface area contributed by atoms with Crippen molar-refractivity contribution in [2.75, 3.05) is 17.6 Å². The summed E-state index contributed by atoms with van der Waals surface area (Å²) in [6, 6.07) is 10.8. The molecule has 0 aliphatic carbocycles. The Morgan fingerprint density at radius 2 is 1.92 bits per heavy atom. The molecule has 0 fully saturated rings. The van der Waals surface area contributed by atoms with Crippen LogP contribution in [-0.2, 0) is 11.9 Å². The minimum atomic E-state index is -4.57. The highest BCUT2D eigenvalue weighted by Crippen LogP contribution is 2.30. The fourth-order valence-corrected chi connectivity index (χ4v) is 4.63. The van der Waals surface area contributed by atoms with Crippen molar-refractivity contribution in [2.45, 2.75) is 11.9 Å². The molecular formula is C16H13BrF3N3S2. The number of halogens is 4. The molecule has 0 saturated heterocycles. The third-order valence-corrected chi connectivity index (χ3v) is 6.08. The summed E-state index contributed by atoms with van der Waals surface area (Å²) in [5, 5.41) is 3.60. The van der Waals surface area contributed by atoms with Crippen LogP contribution in [0.1, 0.15) is 10.7 Å². The fourth-order valence-electron chi connectivity index (χ4n) is 2.18. The average Bonchev–Trinajstić information content (AvgIpc) is 2.98. The van der Waals surface area contributed by atoms with Crippen LogP contribution in [-0.4, -0.2) is 22.3 Å². The van der Waals surface area contributed by atoms with E-state index in [4.69, 9.17) is 0 Å². The summed E-state index contributed by atoms with van der Waals surface area (Å²) in [5.41, 5.74) is 0.281. The summed E-state index contributed by atoms with van der Waals surface area (Å²) < 4.78 is 40.0.